The number of rotatable bonds is 11. The van der Waals surface area contributed by atoms with Crippen LogP contribution in [0.3, 0.4) is 0 Å². The maximum Gasteiger partial charge on any atom is 0.343 e. The molecule has 31 heavy (non-hydrogen) atoms. The van der Waals surface area contributed by atoms with Crippen molar-refractivity contribution >= 4 is 18.0 Å². The fourth-order valence-electron chi connectivity index (χ4n) is 2.75. The van der Waals surface area contributed by atoms with Crippen molar-refractivity contribution in [1.29, 1.82) is 5.26 Å². The van der Waals surface area contributed by atoms with Crippen LogP contribution in [-0.2, 0) is 20.7 Å². The van der Waals surface area contributed by atoms with Gasteiger partial charge in [-0.3, -0.25) is 4.79 Å². The normalized spacial score (nSPS) is 10.7. The Hall–Kier alpha value is -3.79. The second-order valence-corrected chi connectivity index (χ2v) is 6.52. The highest BCUT2D eigenvalue weighted by atomic mass is 16.6. The van der Waals surface area contributed by atoms with Crippen LogP contribution >= 0.6 is 0 Å². The fourth-order valence-corrected chi connectivity index (χ4v) is 2.75. The molecule has 0 radical (unpaired) electrons. The van der Waals surface area contributed by atoms with Crippen molar-refractivity contribution in [2.75, 3.05) is 26.9 Å². The first kappa shape index (κ1) is 23.5. The maximum atomic E-state index is 12.4. The fraction of sp³-hybridized carbons (Fsp3) is 0.292. The lowest BCUT2D eigenvalue weighted by Crippen LogP contribution is -2.25. The van der Waals surface area contributed by atoms with E-state index in [0.29, 0.717) is 30.2 Å². The number of carbonyl (C=O) groups excluding carboxylic acids is 2. The van der Waals surface area contributed by atoms with Gasteiger partial charge >= 0.3 is 5.97 Å². The van der Waals surface area contributed by atoms with Gasteiger partial charge in [0.15, 0.2) is 18.1 Å². The van der Waals surface area contributed by atoms with Crippen molar-refractivity contribution in [3.05, 3.63) is 65.2 Å². The minimum absolute atomic E-state index is 0.00890. The molecule has 0 saturated carbocycles. The van der Waals surface area contributed by atoms with Gasteiger partial charge in [0, 0.05) is 6.54 Å². The van der Waals surface area contributed by atoms with Crippen molar-refractivity contribution in [2.24, 2.45) is 0 Å². The molecule has 0 aliphatic rings. The van der Waals surface area contributed by atoms with Gasteiger partial charge in [-0.25, -0.2) is 4.79 Å². The minimum Gasteiger partial charge on any atom is -0.490 e. The van der Waals surface area contributed by atoms with Crippen LogP contribution in [0.25, 0.3) is 6.08 Å². The summed E-state index contributed by atoms with van der Waals surface area (Å²) in [5, 5.41) is 12.2. The molecule has 1 N–H and O–H groups in total. The van der Waals surface area contributed by atoms with Crippen molar-refractivity contribution in [1.82, 2.24) is 5.32 Å². The Morgan fingerprint density at radius 2 is 1.87 bits per heavy atom. The number of benzene rings is 2. The molecule has 0 aliphatic carbocycles. The van der Waals surface area contributed by atoms with E-state index in [1.807, 2.05) is 43.3 Å². The van der Waals surface area contributed by atoms with E-state index in [4.69, 9.17) is 9.47 Å². The van der Waals surface area contributed by atoms with Crippen molar-refractivity contribution < 1.29 is 23.8 Å². The van der Waals surface area contributed by atoms with Gasteiger partial charge in [-0.05, 0) is 49.1 Å². The highest BCUT2D eigenvalue weighted by Gasteiger charge is 2.12. The van der Waals surface area contributed by atoms with Gasteiger partial charge in [0.05, 0.1) is 13.7 Å². The summed E-state index contributed by atoms with van der Waals surface area (Å²) in [4.78, 5) is 23.7. The van der Waals surface area contributed by atoms with E-state index in [1.54, 1.807) is 18.2 Å². The van der Waals surface area contributed by atoms with Crippen LogP contribution in [0.5, 0.6) is 11.5 Å². The zero-order valence-electron chi connectivity index (χ0n) is 17.7. The summed E-state index contributed by atoms with van der Waals surface area (Å²) in [6.07, 6.45) is 3.10. The SMILES string of the molecule is CCOc1cc(/C=C(/C#N)C(=O)NCCCc2ccccc2)ccc1OCC(=O)OC. The van der Waals surface area contributed by atoms with E-state index in [1.165, 1.54) is 18.7 Å². The lowest BCUT2D eigenvalue weighted by Gasteiger charge is -2.12. The molecule has 0 saturated heterocycles. The Morgan fingerprint density at radius 1 is 1.10 bits per heavy atom. The topological polar surface area (TPSA) is 97.6 Å². The van der Waals surface area contributed by atoms with E-state index in [2.05, 4.69) is 10.1 Å². The Morgan fingerprint density at radius 3 is 2.55 bits per heavy atom. The van der Waals surface area contributed by atoms with Crippen LogP contribution in [0.15, 0.2) is 54.1 Å². The Kier molecular flexibility index (Phi) is 9.63. The minimum atomic E-state index is -0.512. The summed E-state index contributed by atoms with van der Waals surface area (Å²) in [7, 11) is 1.28. The molecule has 1 amide bonds. The molecule has 2 aromatic carbocycles. The molecule has 0 heterocycles. The Balaban J connectivity index is 2.00. The largest absolute Gasteiger partial charge is 0.490 e. The predicted molar refractivity (Wildman–Crippen MR) is 116 cm³/mol. The van der Waals surface area contributed by atoms with E-state index in [-0.39, 0.29) is 12.2 Å². The molecule has 0 aliphatic heterocycles. The molecule has 0 fully saturated rings. The van der Waals surface area contributed by atoms with Crippen LogP contribution in [-0.4, -0.2) is 38.7 Å². The summed E-state index contributed by atoms with van der Waals surface area (Å²) < 4.78 is 15.5. The molecule has 7 heteroatoms. The number of hydrogen-bond donors (Lipinski definition) is 1. The smallest absolute Gasteiger partial charge is 0.343 e. The average Bonchev–Trinajstić information content (AvgIpc) is 2.80. The number of nitrogens with zero attached hydrogens (tertiary/aromatic N) is 1. The summed E-state index contributed by atoms with van der Waals surface area (Å²) in [6, 6.07) is 16.9. The standard InChI is InChI=1S/C24H26N2O5/c1-3-30-22-15-19(11-12-21(22)31-17-23(27)29-2)14-20(16-25)24(28)26-13-7-10-18-8-5-4-6-9-18/h4-6,8-9,11-12,14-15H,3,7,10,13,17H2,1-2H3,(H,26,28)/b20-14-. The number of carbonyl (C=O) groups is 2. The number of nitrogens with one attached hydrogen (secondary N) is 1. The number of hydrogen-bond acceptors (Lipinski definition) is 6. The number of nitriles is 1. The number of aryl methyl sites for hydroxylation is 1. The third kappa shape index (κ3) is 7.86. The van der Waals surface area contributed by atoms with E-state index >= 15 is 0 Å². The van der Waals surface area contributed by atoms with E-state index in [9.17, 15) is 14.9 Å². The maximum absolute atomic E-state index is 12.4. The summed E-state index contributed by atoms with van der Waals surface area (Å²) in [6.45, 7) is 2.42. The first-order valence-corrected chi connectivity index (χ1v) is 9.97. The van der Waals surface area contributed by atoms with E-state index in [0.717, 1.165) is 12.8 Å². The van der Waals surface area contributed by atoms with Crippen LogP contribution in [0.4, 0.5) is 0 Å². The molecule has 7 nitrogen and oxygen atoms in total. The molecule has 2 aromatic rings. The number of esters is 1. The zero-order valence-corrected chi connectivity index (χ0v) is 17.7. The first-order chi connectivity index (χ1) is 15.1. The Labute approximate surface area is 182 Å². The van der Waals surface area contributed by atoms with Crippen molar-refractivity contribution in [2.45, 2.75) is 19.8 Å². The number of ether oxygens (including phenoxy) is 3. The van der Waals surface area contributed by atoms with E-state index < -0.39 is 11.9 Å². The Bertz CT molecular complexity index is 948. The second kappa shape index (κ2) is 12.7. The number of amides is 1. The van der Waals surface area contributed by atoms with Crippen molar-refractivity contribution in [3.63, 3.8) is 0 Å². The highest BCUT2D eigenvalue weighted by Crippen LogP contribution is 2.29. The molecule has 2 rings (SSSR count). The molecule has 162 valence electrons. The predicted octanol–water partition coefficient (Wildman–Crippen LogP) is 3.29. The summed E-state index contributed by atoms with van der Waals surface area (Å²) in [5.41, 5.74) is 1.79. The van der Waals surface area contributed by atoms with Crippen LogP contribution in [0.2, 0.25) is 0 Å². The highest BCUT2D eigenvalue weighted by molar-refractivity contribution is 6.01. The van der Waals surface area contributed by atoms with Gasteiger partial charge in [0.2, 0.25) is 0 Å². The average molecular weight is 422 g/mol. The second-order valence-electron chi connectivity index (χ2n) is 6.52. The van der Waals surface area contributed by atoms with Crippen molar-refractivity contribution in [3.8, 4) is 17.6 Å². The zero-order chi connectivity index (χ0) is 22.5. The lowest BCUT2D eigenvalue weighted by molar-refractivity contribution is -0.142. The first-order valence-electron chi connectivity index (χ1n) is 9.97. The van der Waals surface area contributed by atoms with Gasteiger partial charge in [-0.2, -0.15) is 5.26 Å². The lowest BCUT2D eigenvalue weighted by atomic mass is 10.1. The van der Waals surface area contributed by atoms with Gasteiger partial charge in [0.1, 0.15) is 11.6 Å². The molecule has 0 atom stereocenters. The van der Waals surface area contributed by atoms with Crippen LogP contribution < -0.4 is 14.8 Å². The monoisotopic (exact) mass is 422 g/mol. The molecular weight excluding hydrogens is 396 g/mol. The number of methoxy groups -OCH3 is 1. The van der Waals surface area contributed by atoms with Gasteiger partial charge in [0.25, 0.3) is 5.91 Å². The molecule has 0 spiro atoms. The molecule has 0 bridgehead atoms. The summed E-state index contributed by atoms with van der Waals surface area (Å²) in [5.74, 6) is -0.171. The summed E-state index contributed by atoms with van der Waals surface area (Å²) >= 11 is 0. The van der Waals surface area contributed by atoms with Gasteiger partial charge in [-0.15, -0.1) is 0 Å². The quantitative estimate of drug-likeness (QED) is 0.258. The third-order valence-electron chi connectivity index (χ3n) is 4.29. The van der Waals surface area contributed by atoms with Crippen LogP contribution in [0.1, 0.15) is 24.5 Å². The third-order valence-corrected chi connectivity index (χ3v) is 4.29. The van der Waals surface area contributed by atoms with Gasteiger partial charge in [-0.1, -0.05) is 36.4 Å². The molecule has 0 unspecified atom stereocenters. The molecular formula is C24H26N2O5. The molecule has 0 aromatic heterocycles. The van der Waals surface area contributed by atoms with Gasteiger partial charge < -0.3 is 19.5 Å². The van der Waals surface area contributed by atoms with Crippen LogP contribution in [0, 0.1) is 11.3 Å².